The van der Waals surface area contributed by atoms with Crippen LogP contribution in [0.3, 0.4) is 0 Å². The van der Waals surface area contributed by atoms with Gasteiger partial charge in [-0.25, -0.2) is 8.77 Å². The number of hydrogen-bond acceptors (Lipinski definition) is 8. The number of aromatic nitrogens is 2. The Morgan fingerprint density at radius 1 is 0.936 bits per heavy atom. The van der Waals surface area contributed by atoms with E-state index in [4.69, 9.17) is 14.2 Å². The maximum Gasteiger partial charge on any atom is 0.410 e. The number of carbonyl (C=O) groups is 1. The van der Waals surface area contributed by atoms with E-state index in [9.17, 15) is 13.2 Å². The van der Waals surface area contributed by atoms with E-state index < -0.39 is 15.6 Å². The highest BCUT2D eigenvalue weighted by Gasteiger charge is 2.27. The number of carbonyl (C=O) groups excluding carboxylic acids is 1. The summed E-state index contributed by atoms with van der Waals surface area (Å²) in [6.45, 7) is 9.17. The lowest BCUT2D eigenvalue weighted by Gasteiger charge is -2.26. The molecule has 0 fully saturated rings. The van der Waals surface area contributed by atoms with Crippen LogP contribution in [0.15, 0.2) is 83.3 Å². The Balaban J connectivity index is 0.000000153. The Labute approximate surface area is 276 Å². The highest BCUT2D eigenvalue weighted by atomic mass is 32.2. The van der Waals surface area contributed by atoms with Gasteiger partial charge in [-0.1, -0.05) is 18.2 Å². The van der Waals surface area contributed by atoms with Crippen molar-refractivity contribution in [2.45, 2.75) is 43.7 Å². The molecule has 6 aromatic rings. The Bertz CT molecular complexity index is 2180. The largest absolute Gasteiger partial charge is 0.492 e. The van der Waals surface area contributed by atoms with Crippen molar-refractivity contribution in [3.8, 4) is 11.5 Å². The van der Waals surface area contributed by atoms with E-state index in [1.165, 1.54) is 15.3 Å². The number of amides is 1. The number of ether oxygens (including phenoxy) is 3. The highest BCUT2D eigenvalue weighted by molar-refractivity contribution is 7.92. The lowest BCUT2D eigenvalue weighted by molar-refractivity contribution is 0.0226. The van der Waals surface area contributed by atoms with E-state index in [1.807, 2.05) is 87.6 Å². The summed E-state index contributed by atoms with van der Waals surface area (Å²) >= 11 is 1.30. The molecular formula is C35H36N4O6S2. The number of nitrogens with zero attached hydrogens (tertiary/aromatic N) is 2. The van der Waals surface area contributed by atoms with Crippen molar-refractivity contribution in [2.75, 3.05) is 26.3 Å². The van der Waals surface area contributed by atoms with Gasteiger partial charge in [0.2, 0.25) is 0 Å². The predicted molar refractivity (Wildman–Crippen MR) is 184 cm³/mol. The maximum atomic E-state index is 13.2. The van der Waals surface area contributed by atoms with Crippen LogP contribution in [-0.4, -0.2) is 60.3 Å². The molecule has 0 radical (unpaired) electrons. The van der Waals surface area contributed by atoms with E-state index in [0.29, 0.717) is 42.6 Å². The van der Waals surface area contributed by atoms with Gasteiger partial charge in [-0.15, -0.1) is 11.3 Å². The van der Waals surface area contributed by atoms with Crippen molar-refractivity contribution in [2.24, 2.45) is 0 Å². The summed E-state index contributed by atoms with van der Waals surface area (Å²) in [5.74, 6) is 1.66. The van der Waals surface area contributed by atoms with Gasteiger partial charge in [0.25, 0.3) is 10.0 Å². The molecule has 0 atom stereocenters. The van der Waals surface area contributed by atoms with Crippen LogP contribution in [0.5, 0.6) is 11.5 Å². The average Bonchev–Trinajstić information content (AvgIpc) is 3.72. The molecule has 0 unspecified atom stereocenters. The third kappa shape index (κ3) is 6.16. The fourth-order valence-corrected chi connectivity index (χ4v) is 8.71. The molecule has 0 aliphatic carbocycles. The Morgan fingerprint density at radius 3 is 2.55 bits per heavy atom. The van der Waals surface area contributed by atoms with Crippen molar-refractivity contribution in [1.82, 2.24) is 19.2 Å². The second-order valence-electron chi connectivity index (χ2n) is 12.5. The van der Waals surface area contributed by atoms with Gasteiger partial charge in [0.15, 0.2) is 0 Å². The average molecular weight is 673 g/mol. The highest BCUT2D eigenvalue weighted by Crippen LogP contribution is 2.35. The first-order valence-corrected chi connectivity index (χ1v) is 17.7. The molecule has 12 heteroatoms. The molecule has 0 saturated carbocycles. The summed E-state index contributed by atoms with van der Waals surface area (Å²) in [5, 5.41) is 6.25. The molecule has 1 amide bonds. The summed E-state index contributed by atoms with van der Waals surface area (Å²) in [6.07, 6.45) is 3.23. The lowest BCUT2D eigenvalue weighted by Crippen LogP contribution is -2.37. The van der Waals surface area contributed by atoms with Crippen molar-refractivity contribution in [1.29, 1.82) is 0 Å². The third-order valence-electron chi connectivity index (χ3n) is 8.08. The second-order valence-corrected chi connectivity index (χ2v) is 15.6. The normalized spacial score (nSPS) is 15.1. The minimum Gasteiger partial charge on any atom is -0.492 e. The fourth-order valence-electron chi connectivity index (χ4n) is 5.88. The summed E-state index contributed by atoms with van der Waals surface area (Å²) in [5.41, 5.74) is 3.26. The zero-order valence-corrected chi connectivity index (χ0v) is 28.0. The van der Waals surface area contributed by atoms with Crippen LogP contribution in [0.4, 0.5) is 4.79 Å². The topological polar surface area (TPSA) is 115 Å². The molecule has 8 rings (SSSR count). The summed E-state index contributed by atoms with van der Waals surface area (Å²) < 4.78 is 46.2. The first-order valence-electron chi connectivity index (χ1n) is 15.5. The van der Waals surface area contributed by atoms with Gasteiger partial charge < -0.3 is 29.4 Å². The molecule has 0 saturated heterocycles. The molecule has 10 nitrogen and oxygen atoms in total. The molecule has 2 aliphatic heterocycles. The minimum absolute atomic E-state index is 0.300. The van der Waals surface area contributed by atoms with Crippen LogP contribution in [0, 0.1) is 0 Å². The smallest absolute Gasteiger partial charge is 0.410 e. The Hall–Kier alpha value is -4.52. The molecule has 2 aliphatic rings. The number of hydrogen-bond donors (Lipinski definition) is 2. The number of benzene rings is 3. The second kappa shape index (κ2) is 12.3. The fraction of sp³-hybridized carbons (Fsp3) is 0.286. The number of H-pyrrole nitrogens is 1. The molecule has 2 N–H and O–H groups in total. The molecule has 0 spiro atoms. The minimum atomic E-state index is -3.65. The van der Waals surface area contributed by atoms with Gasteiger partial charge in [0.1, 0.15) is 34.5 Å². The maximum absolute atomic E-state index is 13.2. The van der Waals surface area contributed by atoms with Crippen molar-refractivity contribution in [3.05, 3.63) is 90.3 Å². The number of rotatable bonds is 2. The van der Waals surface area contributed by atoms with E-state index >= 15 is 0 Å². The van der Waals surface area contributed by atoms with Crippen LogP contribution in [0.1, 0.15) is 31.9 Å². The quantitative estimate of drug-likeness (QED) is 0.206. The van der Waals surface area contributed by atoms with Crippen LogP contribution >= 0.6 is 11.3 Å². The Morgan fingerprint density at radius 2 is 1.72 bits per heavy atom. The van der Waals surface area contributed by atoms with Crippen LogP contribution in [-0.2, 0) is 27.8 Å². The van der Waals surface area contributed by atoms with Gasteiger partial charge in [-0.2, -0.15) is 8.42 Å². The van der Waals surface area contributed by atoms with Crippen molar-refractivity contribution < 1.29 is 27.4 Å². The van der Waals surface area contributed by atoms with Crippen LogP contribution in [0.25, 0.3) is 31.9 Å². The predicted octanol–water partition coefficient (Wildman–Crippen LogP) is 6.87. The van der Waals surface area contributed by atoms with E-state index in [1.54, 1.807) is 17.2 Å². The lowest BCUT2D eigenvalue weighted by atomic mass is 10.1. The molecule has 3 aromatic heterocycles. The van der Waals surface area contributed by atoms with Crippen molar-refractivity contribution in [3.63, 3.8) is 0 Å². The zero-order valence-electron chi connectivity index (χ0n) is 26.4. The zero-order chi connectivity index (χ0) is 32.8. The van der Waals surface area contributed by atoms with Crippen molar-refractivity contribution >= 4 is 59.3 Å². The van der Waals surface area contributed by atoms with Crippen LogP contribution < -0.4 is 14.8 Å². The number of thiophene rings is 1. The van der Waals surface area contributed by atoms with Gasteiger partial charge in [-0.05, 0) is 74.7 Å². The summed E-state index contributed by atoms with van der Waals surface area (Å²) in [4.78, 5) is 17.2. The molecule has 244 valence electrons. The van der Waals surface area contributed by atoms with Crippen LogP contribution in [0.2, 0.25) is 0 Å². The van der Waals surface area contributed by atoms with Gasteiger partial charge in [-0.3, -0.25) is 0 Å². The van der Waals surface area contributed by atoms with Gasteiger partial charge >= 0.3 is 6.09 Å². The molecule has 47 heavy (non-hydrogen) atoms. The SMILES string of the molecule is CC(C)(C)OC(=O)N1CCOc2ccc3[nH]ccc3c2C1.O=S(=O)(c1cc2ccccc2s1)n1ccc2c3c(ccc21)OCCNC3. The number of aromatic amines is 1. The van der Waals surface area contributed by atoms with Gasteiger partial charge in [0.05, 0.1) is 18.6 Å². The molecular weight excluding hydrogens is 637 g/mol. The summed E-state index contributed by atoms with van der Waals surface area (Å²) in [6, 6.07) is 21.0. The first kappa shape index (κ1) is 31.1. The van der Waals surface area contributed by atoms with E-state index in [0.717, 1.165) is 55.5 Å². The third-order valence-corrected chi connectivity index (χ3v) is 11.3. The molecule has 0 bridgehead atoms. The first-order chi connectivity index (χ1) is 22.6. The van der Waals surface area contributed by atoms with E-state index in [-0.39, 0.29) is 6.09 Å². The number of fused-ring (bicyclic) bond motifs is 7. The Kier molecular flexibility index (Phi) is 8.11. The van der Waals surface area contributed by atoms with Gasteiger partial charge in [0, 0.05) is 57.6 Å². The number of nitrogens with one attached hydrogen (secondary N) is 2. The standard InChI is InChI=1S/C19H16N2O3S2.C16H20N2O3/c22-26(23,19-11-13-3-1-2-4-18(13)25-19)21-9-7-14-15-12-20-8-10-24-17(15)6-5-16(14)21;1-16(2,3)21-15(19)18-8-9-20-14-5-4-13-11(6-7-17-13)12(14)10-18/h1-7,9,11,20H,8,10,12H2;4-7,17H,8-10H2,1-3H3. The monoisotopic (exact) mass is 672 g/mol. The summed E-state index contributed by atoms with van der Waals surface area (Å²) in [7, 11) is -3.65. The molecule has 3 aromatic carbocycles. The van der Waals surface area contributed by atoms with E-state index in [2.05, 4.69) is 10.3 Å². The molecule has 5 heterocycles.